The average Bonchev–Trinajstić information content (AvgIpc) is 2.48. The van der Waals surface area contributed by atoms with Crippen molar-refractivity contribution in [2.24, 2.45) is 0 Å². The number of nitrogens with one attached hydrogen (secondary N) is 1. The molecule has 112 valence electrons. The number of halogens is 2. The lowest BCUT2D eigenvalue weighted by atomic mass is 10.1. The zero-order valence-electron chi connectivity index (χ0n) is 12.1. The summed E-state index contributed by atoms with van der Waals surface area (Å²) in [6, 6.07) is 11.6. The molecular formula is C17H19F2NO. The molecule has 0 radical (unpaired) electrons. The highest BCUT2D eigenvalue weighted by Crippen LogP contribution is 2.18. The number of aliphatic hydroxyl groups is 1. The summed E-state index contributed by atoms with van der Waals surface area (Å²) in [5, 5.41) is 13.2. The molecule has 21 heavy (non-hydrogen) atoms. The van der Waals surface area contributed by atoms with Crippen LogP contribution in [0.4, 0.5) is 8.78 Å². The van der Waals surface area contributed by atoms with Crippen LogP contribution in [0.15, 0.2) is 42.5 Å². The van der Waals surface area contributed by atoms with Crippen LogP contribution >= 0.6 is 0 Å². The zero-order valence-corrected chi connectivity index (χ0v) is 12.1. The van der Waals surface area contributed by atoms with Crippen molar-refractivity contribution in [1.82, 2.24) is 5.32 Å². The second-order valence-corrected chi connectivity index (χ2v) is 5.23. The fourth-order valence-corrected chi connectivity index (χ4v) is 2.10. The lowest BCUT2D eigenvalue weighted by Crippen LogP contribution is -2.24. The Morgan fingerprint density at radius 1 is 1.00 bits per heavy atom. The summed E-state index contributed by atoms with van der Waals surface area (Å²) in [5.41, 5.74) is 2.66. The van der Waals surface area contributed by atoms with Crippen molar-refractivity contribution >= 4 is 0 Å². The monoisotopic (exact) mass is 291 g/mol. The first kappa shape index (κ1) is 15.6. The molecule has 0 aliphatic carbocycles. The molecule has 0 aromatic heterocycles. The maximum atomic E-state index is 13.1. The molecule has 0 aliphatic rings. The molecule has 0 aliphatic heterocycles. The Morgan fingerprint density at radius 2 is 1.62 bits per heavy atom. The van der Waals surface area contributed by atoms with Gasteiger partial charge in [-0.05, 0) is 37.1 Å². The summed E-state index contributed by atoms with van der Waals surface area (Å²) >= 11 is 0. The highest BCUT2D eigenvalue weighted by atomic mass is 19.2. The molecule has 0 heterocycles. The van der Waals surface area contributed by atoms with Gasteiger partial charge >= 0.3 is 0 Å². The van der Waals surface area contributed by atoms with Crippen LogP contribution in [0, 0.1) is 18.6 Å². The van der Waals surface area contributed by atoms with E-state index >= 15 is 0 Å². The summed E-state index contributed by atoms with van der Waals surface area (Å²) in [4.78, 5) is 0. The predicted molar refractivity (Wildman–Crippen MR) is 78.9 cm³/mol. The number of benzene rings is 2. The first-order chi connectivity index (χ1) is 9.97. The van der Waals surface area contributed by atoms with Crippen molar-refractivity contribution in [3.63, 3.8) is 0 Å². The van der Waals surface area contributed by atoms with Gasteiger partial charge in [-0.1, -0.05) is 35.9 Å². The van der Waals surface area contributed by atoms with Gasteiger partial charge in [-0.25, -0.2) is 8.78 Å². The van der Waals surface area contributed by atoms with E-state index in [1.54, 1.807) is 0 Å². The molecule has 0 fully saturated rings. The molecule has 0 spiro atoms. The third kappa shape index (κ3) is 4.09. The van der Waals surface area contributed by atoms with E-state index < -0.39 is 17.7 Å². The second-order valence-electron chi connectivity index (χ2n) is 5.23. The van der Waals surface area contributed by atoms with Gasteiger partial charge in [0.1, 0.15) is 0 Å². The van der Waals surface area contributed by atoms with Crippen molar-refractivity contribution in [2.45, 2.75) is 26.0 Å². The Kier molecular flexibility index (Phi) is 5.04. The van der Waals surface area contributed by atoms with Gasteiger partial charge in [-0.3, -0.25) is 0 Å². The molecule has 2 nitrogen and oxygen atoms in total. The van der Waals surface area contributed by atoms with Crippen LogP contribution in [-0.2, 0) is 0 Å². The summed E-state index contributed by atoms with van der Waals surface area (Å²) < 4.78 is 26.0. The molecule has 2 aromatic rings. The van der Waals surface area contributed by atoms with Gasteiger partial charge in [0.2, 0.25) is 0 Å². The van der Waals surface area contributed by atoms with Crippen molar-refractivity contribution in [1.29, 1.82) is 0 Å². The fraction of sp³-hybridized carbons (Fsp3) is 0.294. The van der Waals surface area contributed by atoms with E-state index in [0.717, 1.165) is 17.7 Å². The summed E-state index contributed by atoms with van der Waals surface area (Å²) in [6.07, 6.45) is -0.881. The van der Waals surface area contributed by atoms with E-state index in [9.17, 15) is 13.9 Å². The van der Waals surface area contributed by atoms with Crippen LogP contribution in [-0.4, -0.2) is 11.7 Å². The van der Waals surface area contributed by atoms with Gasteiger partial charge < -0.3 is 10.4 Å². The summed E-state index contributed by atoms with van der Waals surface area (Å²) in [7, 11) is 0. The first-order valence-electron chi connectivity index (χ1n) is 6.90. The molecule has 4 heteroatoms. The third-order valence-corrected chi connectivity index (χ3v) is 3.52. The van der Waals surface area contributed by atoms with Gasteiger partial charge in [0.05, 0.1) is 6.10 Å². The number of hydrogen-bond donors (Lipinski definition) is 2. The van der Waals surface area contributed by atoms with Crippen molar-refractivity contribution < 1.29 is 13.9 Å². The van der Waals surface area contributed by atoms with Crippen LogP contribution in [0.5, 0.6) is 0 Å². The summed E-state index contributed by atoms with van der Waals surface area (Å²) in [5.74, 6) is -1.86. The number of aliphatic hydroxyl groups excluding tert-OH is 1. The Balaban J connectivity index is 1.95. The molecule has 0 saturated heterocycles. The Hall–Kier alpha value is -1.78. The second kappa shape index (κ2) is 6.78. The molecule has 2 atom stereocenters. The highest BCUT2D eigenvalue weighted by molar-refractivity contribution is 5.24. The molecule has 2 aromatic carbocycles. The standard InChI is InChI=1S/C17H19F2NO/c1-11-3-5-13(6-4-11)12(2)20-10-17(21)14-7-8-15(18)16(19)9-14/h3-9,12,17,20-21H,10H2,1-2H3/t12-,17?/m0/s1. The largest absolute Gasteiger partial charge is 0.387 e. The van der Waals surface area contributed by atoms with Crippen molar-refractivity contribution in [3.8, 4) is 0 Å². The molecule has 0 saturated carbocycles. The molecular weight excluding hydrogens is 272 g/mol. The fourth-order valence-electron chi connectivity index (χ4n) is 2.10. The average molecular weight is 291 g/mol. The Labute approximate surface area is 123 Å². The highest BCUT2D eigenvalue weighted by Gasteiger charge is 2.12. The Bertz CT molecular complexity index is 598. The van der Waals surface area contributed by atoms with Gasteiger partial charge in [-0.2, -0.15) is 0 Å². The molecule has 2 rings (SSSR count). The van der Waals surface area contributed by atoms with Gasteiger partial charge in [0, 0.05) is 12.6 Å². The number of rotatable bonds is 5. The minimum atomic E-state index is -0.946. The Morgan fingerprint density at radius 3 is 2.24 bits per heavy atom. The quantitative estimate of drug-likeness (QED) is 0.881. The number of hydrogen-bond acceptors (Lipinski definition) is 2. The number of aryl methyl sites for hydroxylation is 1. The van der Waals surface area contributed by atoms with E-state index in [4.69, 9.17) is 0 Å². The van der Waals surface area contributed by atoms with Crippen molar-refractivity contribution in [2.75, 3.05) is 6.54 Å². The first-order valence-corrected chi connectivity index (χ1v) is 6.90. The lowest BCUT2D eigenvalue weighted by molar-refractivity contribution is 0.170. The van der Waals surface area contributed by atoms with Gasteiger partial charge in [0.25, 0.3) is 0 Å². The van der Waals surface area contributed by atoms with Crippen molar-refractivity contribution in [3.05, 3.63) is 70.8 Å². The maximum absolute atomic E-state index is 13.1. The topological polar surface area (TPSA) is 32.3 Å². The smallest absolute Gasteiger partial charge is 0.159 e. The van der Waals surface area contributed by atoms with Crippen LogP contribution in [0.3, 0.4) is 0 Å². The van der Waals surface area contributed by atoms with E-state index in [0.29, 0.717) is 5.56 Å². The van der Waals surface area contributed by atoms with E-state index in [1.807, 2.05) is 38.1 Å². The van der Waals surface area contributed by atoms with Gasteiger partial charge in [-0.15, -0.1) is 0 Å². The maximum Gasteiger partial charge on any atom is 0.159 e. The van der Waals surface area contributed by atoms with E-state index in [2.05, 4.69) is 5.32 Å². The minimum Gasteiger partial charge on any atom is -0.387 e. The SMILES string of the molecule is Cc1ccc([C@H](C)NCC(O)c2ccc(F)c(F)c2)cc1. The normalized spacial score (nSPS) is 14.0. The minimum absolute atomic E-state index is 0.0607. The molecule has 1 unspecified atom stereocenters. The van der Waals surface area contributed by atoms with E-state index in [1.165, 1.54) is 11.6 Å². The zero-order chi connectivity index (χ0) is 15.4. The third-order valence-electron chi connectivity index (χ3n) is 3.52. The van der Waals surface area contributed by atoms with Crippen LogP contribution in [0.2, 0.25) is 0 Å². The summed E-state index contributed by atoms with van der Waals surface area (Å²) in [6.45, 7) is 4.28. The van der Waals surface area contributed by atoms with Crippen LogP contribution in [0.25, 0.3) is 0 Å². The van der Waals surface area contributed by atoms with Gasteiger partial charge in [0.15, 0.2) is 11.6 Å². The molecule has 0 bridgehead atoms. The molecule has 0 amide bonds. The van der Waals surface area contributed by atoms with Crippen LogP contribution < -0.4 is 5.32 Å². The van der Waals surface area contributed by atoms with Crippen LogP contribution in [0.1, 0.15) is 35.8 Å². The lowest BCUT2D eigenvalue weighted by Gasteiger charge is -2.18. The molecule has 2 N–H and O–H groups in total. The van der Waals surface area contributed by atoms with E-state index in [-0.39, 0.29) is 12.6 Å². The predicted octanol–water partition coefficient (Wildman–Crippen LogP) is 3.66.